The molecule has 0 spiro atoms. The van der Waals surface area contributed by atoms with Crippen molar-refractivity contribution in [3.8, 4) is 0 Å². The van der Waals surface area contributed by atoms with Gasteiger partial charge in [0, 0.05) is 11.3 Å². The minimum atomic E-state index is -0.111. The van der Waals surface area contributed by atoms with E-state index in [1.165, 1.54) is 12.8 Å². The summed E-state index contributed by atoms with van der Waals surface area (Å²) in [5.74, 6) is 1.32. The molecule has 1 aromatic rings. The first-order chi connectivity index (χ1) is 7.89. The zero-order chi connectivity index (χ0) is 12.6. The first-order valence-corrected chi connectivity index (χ1v) is 6.99. The van der Waals surface area contributed by atoms with E-state index in [-0.39, 0.29) is 11.0 Å². The fourth-order valence-electron chi connectivity index (χ4n) is 2.37. The molecule has 1 aliphatic carbocycles. The normalized spacial score (nSPS) is 17.6. The predicted molar refractivity (Wildman–Crippen MR) is 72.5 cm³/mol. The van der Waals surface area contributed by atoms with Gasteiger partial charge in [0.25, 0.3) is 5.56 Å². The molecule has 2 rings (SSSR count). The Kier molecular flexibility index (Phi) is 3.43. The van der Waals surface area contributed by atoms with E-state index in [0.29, 0.717) is 10.4 Å². The molecule has 17 heavy (non-hydrogen) atoms. The molecule has 4 heteroatoms. The minimum absolute atomic E-state index is 0.0492. The fourth-order valence-corrected chi connectivity index (χ4v) is 3.15. The molecule has 0 amide bonds. The molecule has 0 unspecified atom stereocenters. The van der Waals surface area contributed by atoms with Gasteiger partial charge >= 0.3 is 0 Å². The quantitative estimate of drug-likeness (QED) is 0.863. The number of aromatic nitrogens is 2. The Bertz CT molecular complexity index is 467. The molecule has 1 saturated carbocycles. The molecule has 1 aromatic heterocycles. The van der Waals surface area contributed by atoms with Crippen molar-refractivity contribution in [3.05, 3.63) is 26.3 Å². The van der Waals surface area contributed by atoms with Crippen LogP contribution in [0.2, 0.25) is 0 Å². The second-order valence-corrected chi connectivity index (χ2v) is 6.64. The van der Waals surface area contributed by atoms with Crippen molar-refractivity contribution in [2.75, 3.05) is 0 Å². The van der Waals surface area contributed by atoms with Crippen LogP contribution in [0, 0.1) is 0 Å². The van der Waals surface area contributed by atoms with Gasteiger partial charge in [0.2, 0.25) is 0 Å². The highest BCUT2D eigenvalue weighted by molar-refractivity contribution is 9.10. The van der Waals surface area contributed by atoms with E-state index in [1.807, 2.05) is 0 Å². The van der Waals surface area contributed by atoms with E-state index >= 15 is 0 Å². The van der Waals surface area contributed by atoms with Gasteiger partial charge in [0.1, 0.15) is 10.3 Å². The van der Waals surface area contributed by atoms with Crippen molar-refractivity contribution >= 4 is 15.9 Å². The highest BCUT2D eigenvalue weighted by atomic mass is 79.9. The Morgan fingerprint density at radius 1 is 1.29 bits per heavy atom. The topological polar surface area (TPSA) is 45.8 Å². The van der Waals surface area contributed by atoms with Crippen LogP contribution in [0.1, 0.15) is 63.9 Å². The van der Waals surface area contributed by atoms with Gasteiger partial charge < -0.3 is 4.98 Å². The van der Waals surface area contributed by atoms with Crippen LogP contribution < -0.4 is 5.56 Å². The summed E-state index contributed by atoms with van der Waals surface area (Å²) in [6, 6.07) is 0. The molecule has 1 fully saturated rings. The number of hydrogen-bond donors (Lipinski definition) is 1. The van der Waals surface area contributed by atoms with Crippen LogP contribution in [-0.2, 0) is 5.41 Å². The molecular weight excluding hydrogens is 280 g/mol. The van der Waals surface area contributed by atoms with Crippen LogP contribution in [0.25, 0.3) is 0 Å². The predicted octanol–water partition coefficient (Wildman–Crippen LogP) is 3.49. The zero-order valence-electron chi connectivity index (χ0n) is 10.6. The summed E-state index contributed by atoms with van der Waals surface area (Å²) in [7, 11) is 0. The molecule has 0 bridgehead atoms. The van der Waals surface area contributed by atoms with E-state index in [0.717, 1.165) is 24.4 Å². The van der Waals surface area contributed by atoms with Crippen molar-refractivity contribution in [1.29, 1.82) is 0 Å². The minimum Gasteiger partial charge on any atom is -0.309 e. The third kappa shape index (κ3) is 2.62. The van der Waals surface area contributed by atoms with Gasteiger partial charge in [-0.15, -0.1) is 0 Å². The van der Waals surface area contributed by atoms with Gasteiger partial charge in [-0.25, -0.2) is 4.98 Å². The molecule has 0 aliphatic heterocycles. The molecule has 94 valence electrons. The van der Waals surface area contributed by atoms with Crippen LogP contribution >= 0.6 is 15.9 Å². The van der Waals surface area contributed by atoms with E-state index in [2.05, 4.69) is 46.7 Å². The molecule has 0 aromatic carbocycles. The molecule has 1 aliphatic rings. The Morgan fingerprint density at radius 3 is 2.41 bits per heavy atom. The number of hydrogen-bond acceptors (Lipinski definition) is 2. The molecule has 0 saturated heterocycles. The Hall–Kier alpha value is -0.640. The number of halogens is 1. The first-order valence-electron chi connectivity index (χ1n) is 6.20. The van der Waals surface area contributed by atoms with Crippen LogP contribution in [-0.4, -0.2) is 9.97 Å². The average Bonchev–Trinajstić information content (AvgIpc) is 2.73. The number of nitrogens with zero attached hydrogens (tertiary/aromatic N) is 1. The van der Waals surface area contributed by atoms with Crippen molar-refractivity contribution < 1.29 is 0 Å². The maximum Gasteiger partial charge on any atom is 0.265 e. The standard InChI is InChI=1S/C13H19BrN2O/c1-13(2,3)10-9(14)12(17)16-11(15-10)8-6-4-5-7-8/h8H,4-7H2,1-3H3,(H,15,16,17). The monoisotopic (exact) mass is 298 g/mol. The van der Waals surface area contributed by atoms with Crippen LogP contribution in [0.4, 0.5) is 0 Å². The van der Waals surface area contributed by atoms with E-state index in [1.54, 1.807) is 0 Å². The van der Waals surface area contributed by atoms with Crippen LogP contribution in [0.15, 0.2) is 9.27 Å². The summed E-state index contributed by atoms with van der Waals surface area (Å²) >= 11 is 3.35. The summed E-state index contributed by atoms with van der Waals surface area (Å²) in [5, 5.41) is 0. The lowest BCUT2D eigenvalue weighted by atomic mass is 9.91. The molecule has 0 atom stereocenters. The van der Waals surface area contributed by atoms with Gasteiger partial charge in [-0.1, -0.05) is 33.6 Å². The summed E-state index contributed by atoms with van der Waals surface area (Å²) < 4.78 is 0.576. The lowest BCUT2D eigenvalue weighted by Gasteiger charge is -2.21. The second-order valence-electron chi connectivity index (χ2n) is 5.85. The molecule has 0 radical (unpaired) electrons. The lowest BCUT2D eigenvalue weighted by Crippen LogP contribution is -2.24. The Morgan fingerprint density at radius 2 is 1.88 bits per heavy atom. The van der Waals surface area contributed by atoms with E-state index in [9.17, 15) is 4.79 Å². The second kappa shape index (κ2) is 4.56. The van der Waals surface area contributed by atoms with Crippen LogP contribution in [0.3, 0.4) is 0 Å². The largest absolute Gasteiger partial charge is 0.309 e. The van der Waals surface area contributed by atoms with Gasteiger partial charge in [0.15, 0.2) is 0 Å². The van der Waals surface area contributed by atoms with Crippen molar-refractivity contribution in [2.45, 2.75) is 57.8 Å². The van der Waals surface area contributed by atoms with Gasteiger partial charge in [-0.2, -0.15) is 0 Å². The molecule has 3 nitrogen and oxygen atoms in total. The highest BCUT2D eigenvalue weighted by Gasteiger charge is 2.25. The van der Waals surface area contributed by atoms with E-state index in [4.69, 9.17) is 0 Å². The first kappa shape index (κ1) is 12.8. The third-order valence-corrected chi connectivity index (χ3v) is 4.07. The summed E-state index contributed by atoms with van der Waals surface area (Å²) in [6.45, 7) is 6.24. The number of H-pyrrole nitrogens is 1. The van der Waals surface area contributed by atoms with Crippen molar-refractivity contribution in [2.24, 2.45) is 0 Å². The summed E-state index contributed by atoms with van der Waals surface area (Å²) in [4.78, 5) is 19.5. The maximum absolute atomic E-state index is 11.9. The van der Waals surface area contributed by atoms with Gasteiger partial charge in [-0.3, -0.25) is 4.79 Å². The lowest BCUT2D eigenvalue weighted by molar-refractivity contribution is 0.545. The van der Waals surface area contributed by atoms with Crippen molar-refractivity contribution in [1.82, 2.24) is 9.97 Å². The Labute approximate surface area is 110 Å². The summed E-state index contributed by atoms with van der Waals surface area (Å²) in [5.41, 5.74) is 0.704. The van der Waals surface area contributed by atoms with Gasteiger partial charge in [0.05, 0.1) is 5.69 Å². The number of rotatable bonds is 1. The summed E-state index contributed by atoms with van der Waals surface area (Å²) in [6.07, 6.45) is 4.78. The highest BCUT2D eigenvalue weighted by Crippen LogP contribution is 2.33. The third-order valence-electron chi connectivity index (χ3n) is 3.33. The molecule has 1 heterocycles. The smallest absolute Gasteiger partial charge is 0.265 e. The SMILES string of the molecule is CC(C)(C)c1nc(C2CCCC2)[nH]c(=O)c1Br. The number of aromatic amines is 1. The average molecular weight is 299 g/mol. The molecule has 1 N–H and O–H groups in total. The number of nitrogens with one attached hydrogen (secondary N) is 1. The van der Waals surface area contributed by atoms with Gasteiger partial charge in [-0.05, 0) is 28.8 Å². The zero-order valence-corrected chi connectivity index (χ0v) is 12.2. The fraction of sp³-hybridized carbons (Fsp3) is 0.692. The molecular formula is C13H19BrN2O. The maximum atomic E-state index is 11.9. The Balaban J connectivity index is 2.49. The van der Waals surface area contributed by atoms with E-state index < -0.39 is 0 Å². The van der Waals surface area contributed by atoms with Crippen LogP contribution in [0.5, 0.6) is 0 Å². The van der Waals surface area contributed by atoms with Crippen molar-refractivity contribution in [3.63, 3.8) is 0 Å².